The first-order valence-corrected chi connectivity index (χ1v) is 8.26. The summed E-state index contributed by atoms with van der Waals surface area (Å²) < 4.78 is 30.2. The lowest BCUT2D eigenvalue weighted by Gasteiger charge is -2.13. The fourth-order valence-electron chi connectivity index (χ4n) is 1.83. The minimum atomic E-state index is -0.469. The molecule has 0 unspecified atom stereocenters. The predicted molar refractivity (Wildman–Crippen MR) is 97.1 cm³/mol. The predicted octanol–water partition coefficient (Wildman–Crippen LogP) is 3.47. The third-order valence-corrected chi connectivity index (χ3v) is 3.66. The van der Waals surface area contributed by atoms with Crippen LogP contribution in [-0.2, 0) is 9.53 Å². The van der Waals surface area contributed by atoms with Crippen molar-refractivity contribution >= 4 is 34.2 Å². The molecule has 2 aromatic carbocycles. The quantitative estimate of drug-likeness (QED) is 0.500. The van der Waals surface area contributed by atoms with Gasteiger partial charge in [0.05, 0.1) is 12.3 Å². The third kappa shape index (κ3) is 5.97. The van der Waals surface area contributed by atoms with Gasteiger partial charge in [0, 0.05) is 16.7 Å². The fourth-order valence-corrected chi connectivity index (χ4v) is 2.19. The van der Waals surface area contributed by atoms with Crippen LogP contribution in [0.5, 0.6) is 11.5 Å². The number of halogens is 2. The van der Waals surface area contributed by atoms with Crippen molar-refractivity contribution in [2.45, 2.75) is 0 Å². The van der Waals surface area contributed by atoms with E-state index in [0.29, 0.717) is 24.7 Å². The van der Waals surface area contributed by atoms with Crippen LogP contribution >= 0.6 is 22.6 Å². The van der Waals surface area contributed by atoms with Crippen LogP contribution < -0.4 is 14.8 Å². The number of rotatable bonds is 8. The van der Waals surface area contributed by atoms with Gasteiger partial charge in [0.2, 0.25) is 0 Å². The summed E-state index contributed by atoms with van der Waals surface area (Å²) >= 11 is 2.18. The van der Waals surface area contributed by atoms with Gasteiger partial charge in [-0.1, -0.05) is 0 Å². The summed E-state index contributed by atoms with van der Waals surface area (Å²) in [7, 11) is 1.55. The first-order chi connectivity index (χ1) is 11.6. The molecule has 0 aliphatic rings. The van der Waals surface area contributed by atoms with E-state index in [1.165, 1.54) is 18.2 Å². The monoisotopic (exact) mass is 445 g/mol. The van der Waals surface area contributed by atoms with Gasteiger partial charge in [-0.2, -0.15) is 0 Å². The van der Waals surface area contributed by atoms with Crippen molar-refractivity contribution in [2.24, 2.45) is 0 Å². The van der Waals surface area contributed by atoms with Gasteiger partial charge >= 0.3 is 0 Å². The molecule has 5 nitrogen and oxygen atoms in total. The number of anilines is 1. The van der Waals surface area contributed by atoms with Gasteiger partial charge in [0.15, 0.2) is 6.61 Å². The lowest BCUT2D eigenvalue weighted by molar-refractivity contribution is -0.118. The first-order valence-electron chi connectivity index (χ1n) is 7.18. The maximum Gasteiger partial charge on any atom is 0.262 e. The summed E-state index contributed by atoms with van der Waals surface area (Å²) in [5, 5.41) is 2.59. The van der Waals surface area contributed by atoms with E-state index in [2.05, 4.69) is 27.9 Å². The number of hydrogen-bond donors (Lipinski definition) is 1. The van der Waals surface area contributed by atoms with Crippen LogP contribution in [0.25, 0.3) is 0 Å². The molecule has 0 heterocycles. The van der Waals surface area contributed by atoms with E-state index < -0.39 is 11.7 Å². The highest BCUT2D eigenvalue weighted by atomic mass is 127. The van der Waals surface area contributed by atoms with Crippen LogP contribution in [0.3, 0.4) is 0 Å². The highest BCUT2D eigenvalue weighted by Gasteiger charge is 2.10. The molecule has 0 bridgehead atoms. The van der Waals surface area contributed by atoms with E-state index >= 15 is 0 Å². The number of methoxy groups -OCH3 is 1. The molecule has 0 aliphatic heterocycles. The van der Waals surface area contributed by atoms with Crippen molar-refractivity contribution in [3.05, 3.63) is 51.9 Å². The molecular weight excluding hydrogens is 428 g/mol. The van der Waals surface area contributed by atoms with Gasteiger partial charge in [-0.15, -0.1) is 0 Å². The molecule has 0 aromatic heterocycles. The summed E-state index contributed by atoms with van der Waals surface area (Å²) in [5.74, 6) is 0.0797. The largest absolute Gasteiger partial charge is 0.489 e. The van der Waals surface area contributed by atoms with Crippen molar-refractivity contribution in [3.63, 3.8) is 0 Å². The lowest BCUT2D eigenvalue weighted by atomic mass is 10.2. The van der Waals surface area contributed by atoms with Crippen molar-refractivity contribution in [2.75, 3.05) is 32.2 Å². The normalized spacial score (nSPS) is 10.3. The van der Waals surface area contributed by atoms with E-state index in [1.54, 1.807) is 19.2 Å². The lowest BCUT2D eigenvalue weighted by Crippen LogP contribution is -2.21. The Morgan fingerprint density at radius 1 is 1.12 bits per heavy atom. The molecule has 1 amide bonds. The van der Waals surface area contributed by atoms with Gasteiger partial charge < -0.3 is 19.5 Å². The first kappa shape index (κ1) is 18.5. The smallest absolute Gasteiger partial charge is 0.262 e. The summed E-state index contributed by atoms with van der Waals surface area (Å²) in [4.78, 5) is 12.0. The third-order valence-electron chi connectivity index (χ3n) is 2.94. The maximum absolute atomic E-state index is 13.4. The molecule has 0 saturated carbocycles. The topological polar surface area (TPSA) is 56.8 Å². The highest BCUT2D eigenvalue weighted by Crippen LogP contribution is 2.25. The van der Waals surface area contributed by atoms with E-state index in [1.807, 2.05) is 12.1 Å². The van der Waals surface area contributed by atoms with Crippen molar-refractivity contribution in [1.82, 2.24) is 0 Å². The average Bonchev–Trinajstić information content (AvgIpc) is 2.56. The van der Waals surface area contributed by atoms with Gasteiger partial charge in [-0.25, -0.2) is 4.39 Å². The molecule has 2 aromatic rings. The van der Waals surface area contributed by atoms with Crippen LogP contribution in [0.2, 0.25) is 0 Å². The zero-order chi connectivity index (χ0) is 17.4. The molecule has 0 saturated heterocycles. The van der Waals surface area contributed by atoms with Crippen molar-refractivity contribution in [1.29, 1.82) is 0 Å². The molecule has 24 heavy (non-hydrogen) atoms. The van der Waals surface area contributed by atoms with Crippen LogP contribution in [-0.4, -0.2) is 32.8 Å². The van der Waals surface area contributed by atoms with Crippen molar-refractivity contribution in [3.8, 4) is 11.5 Å². The van der Waals surface area contributed by atoms with Gasteiger partial charge in [0.1, 0.15) is 23.9 Å². The maximum atomic E-state index is 13.4. The zero-order valence-electron chi connectivity index (χ0n) is 13.1. The van der Waals surface area contributed by atoms with E-state index in [-0.39, 0.29) is 12.3 Å². The minimum Gasteiger partial charge on any atom is -0.489 e. The standard InChI is InChI=1S/C17H17FINO4/c1-22-8-9-23-16-7-2-12(18)10-15(16)20-17(21)11-24-14-5-3-13(19)4-6-14/h2-7,10H,8-9,11H2,1H3,(H,20,21). The summed E-state index contributed by atoms with van der Waals surface area (Å²) in [5.41, 5.74) is 0.252. The molecule has 7 heteroatoms. The number of hydrogen-bond acceptors (Lipinski definition) is 4. The zero-order valence-corrected chi connectivity index (χ0v) is 15.2. The Hall–Kier alpha value is -1.87. The second-order valence-corrected chi connectivity index (χ2v) is 6.02. The Bertz CT molecular complexity index is 679. The van der Waals surface area contributed by atoms with E-state index in [0.717, 1.165) is 3.57 Å². The van der Waals surface area contributed by atoms with Gasteiger partial charge in [-0.3, -0.25) is 4.79 Å². The summed E-state index contributed by atoms with van der Waals surface area (Å²) in [6, 6.07) is 11.2. The number of nitrogens with one attached hydrogen (secondary N) is 1. The SMILES string of the molecule is COCCOc1ccc(F)cc1NC(=O)COc1ccc(I)cc1. The van der Waals surface area contributed by atoms with E-state index in [9.17, 15) is 9.18 Å². The Labute approximate surface area is 153 Å². The van der Waals surface area contributed by atoms with Crippen LogP contribution in [0.1, 0.15) is 0 Å². The van der Waals surface area contributed by atoms with Gasteiger partial charge in [-0.05, 0) is 59.0 Å². The van der Waals surface area contributed by atoms with E-state index in [4.69, 9.17) is 14.2 Å². The number of carbonyl (C=O) groups excluding carboxylic acids is 1. The minimum absolute atomic E-state index is 0.186. The Kier molecular flexibility index (Phi) is 7.26. The molecule has 0 radical (unpaired) electrons. The molecule has 0 aliphatic carbocycles. The number of amides is 1. The van der Waals surface area contributed by atoms with Gasteiger partial charge in [0.25, 0.3) is 5.91 Å². The summed E-state index contributed by atoms with van der Waals surface area (Å²) in [6.45, 7) is 0.499. The van der Waals surface area contributed by atoms with Crippen molar-refractivity contribution < 1.29 is 23.4 Å². The second-order valence-electron chi connectivity index (χ2n) is 4.77. The fraction of sp³-hybridized carbons (Fsp3) is 0.235. The van der Waals surface area contributed by atoms with Crippen LogP contribution in [0.4, 0.5) is 10.1 Å². The molecular formula is C17H17FINO4. The molecule has 0 spiro atoms. The summed E-state index contributed by atoms with van der Waals surface area (Å²) in [6.07, 6.45) is 0. The molecule has 2 rings (SSSR count). The number of benzene rings is 2. The number of ether oxygens (including phenoxy) is 3. The van der Waals surface area contributed by atoms with Crippen LogP contribution in [0, 0.1) is 9.39 Å². The Balaban J connectivity index is 1.94. The highest BCUT2D eigenvalue weighted by molar-refractivity contribution is 14.1. The molecule has 128 valence electrons. The number of carbonyl (C=O) groups is 1. The molecule has 0 fully saturated rings. The Morgan fingerprint density at radius 3 is 2.58 bits per heavy atom. The van der Waals surface area contributed by atoms with Crippen LogP contribution in [0.15, 0.2) is 42.5 Å². The second kappa shape index (κ2) is 9.43. The average molecular weight is 445 g/mol. The Morgan fingerprint density at radius 2 is 1.88 bits per heavy atom. The molecule has 1 N–H and O–H groups in total. The molecule has 0 atom stereocenters.